The third-order valence-electron chi connectivity index (χ3n) is 7.73. The summed E-state index contributed by atoms with van der Waals surface area (Å²) in [6, 6.07) is 5.90. The van der Waals surface area contributed by atoms with E-state index in [1.165, 1.54) is 82.6 Å². The summed E-state index contributed by atoms with van der Waals surface area (Å²) >= 11 is 0. The average Bonchev–Trinajstić information content (AvgIpc) is 2.73. The van der Waals surface area contributed by atoms with Gasteiger partial charge in [0.15, 0.2) is 0 Å². The van der Waals surface area contributed by atoms with Crippen LogP contribution in [-0.2, 0) is 6.42 Å². The molecule has 0 radical (unpaired) electrons. The SMILES string of the molecule is CCC[C@H]1CC[C@H](CCC2CCC(c3cccc(C(=O)O)c3CC)CC2)CC1. The molecule has 2 fully saturated rings. The number of carboxylic acids is 1. The van der Waals surface area contributed by atoms with Crippen LogP contribution in [0.2, 0.25) is 0 Å². The molecule has 0 atom stereocenters. The van der Waals surface area contributed by atoms with E-state index in [0.29, 0.717) is 11.5 Å². The van der Waals surface area contributed by atoms with Crippen molar-refractivity contribution in [3.8, 4) is 0 Å². The van der Waals surface area contributed by atoms with Gasteiger partial charge < -0.3 is 5.11 Å². The minimum atomic E-state index is -0.777. The number of benzene rings is 1. The molecule has 2 nitrogen and oxygen atoms in total. The number of rotatable bonds is 8. The van der Waals surface area contributed by atoms with E-state index in [9.17, 15) is 9.90 Å². The summed E-state index contributed by atoms with van der Waals surface area (Å²) in [7, 11) is 0. The Morgan fingerprint density at radius 2 is 1.39 bits per heavy atom. The Kier molecular flexibility index (Phi) is 8.00. The van der Waals surface area contributed by atoms with Gasteiger partial charge in [-0.2, -0.15) is 0 Å². The van der Waals surface area contributed by atoms with Crippen molar-refractivity contribution >= 4 is 5.97 Å². The molecule has 2 saturated carbocycles. The Hall–Kier alpha value is -1.31. The van der Waals surface area contributed by atoms with Crippen LogP contribution in [0.4, 0.5) is 0 Å². The summed E-state index contributed by atoms with van der Waals surface area (Å²) in [5.74, 6) is 2.70. The van der Waals surface area contributed by atoms with Gasteiger partial charge in [-0.15, -0.1) is 0 Å². The molecule has 1 aromatic carbocycles. The van der Waals surface area contributed by atoms with Gasteiger partial charge in [0, 0.05) is 0 Å². The highest BCUT2D eigenvalue weighted by Crippen LogP contribution is 2.41. The zero-order chi connectivity index (χ0) is 19.9. The molecule has 156 valence electrons. The Labute approximate surface area is 172 Å². The molecular weight excluding hydrogens is 344 g/mol. The first-order valence-electron chi connectivity index (χ1n) is 12.0. The molecular formula is C26H40O2. The van der Waals surface area contributed by atoms with Crippen LogP contribution < -0.4 is 0 Å². The van der Waals surface area contributed by atoms with E-state index in [1.807, 2.05) is 6.07 Å². The summed E-state index contributed by atoms with van der Waals surface area (Å²) in [4.78, 5) is 11.6. The lowest BCUT2D eigenvalue weighted by molar-refractivity contribution is 0.0695. The lowest BCUT2D eigenvalue weighted by Crippen LogP contribution is -2.18. The number of aromatic carboxylic acids is 1. The molecule has 1 aromatic rings. The van der Waals surface area contributed by atoms with E-state index >= 15 is 0 Å². The molecule has 0 saturated heterocycles. The van der Waals surface area contributed by atoms with E-state index < -0.39 is 5.97 Å². The van der Waals surface area contributed by atoms with E-state index in [-0.39, 0.29) is 0 Å². The molecule has 0 aromatic heterocycles. The van der Waals surface area contributed by atoms with E-state index in [0.717, 1.165) is 29.7 Å². The molecule has 0 aliphatic heterocycles. The summed E-state index contributed by atoms with van der Waals surface area (Å²) in [5.41, 5.74) is 2.90. The maximum Gasteiger partial charge on any atom is 0.335 e. The van der Waals surface area contributed by atoms with Crippen LogP contribution in [0, 0.1) is 17.8 Å². The standard InChI is InChI=1S/C26H40O2/c1-3-6-19-9-11-20(12-10-19)13-14-21-15-17-22(18-16-21)24-7-5-8-25(26(27)28)23(24)4-2/h5,7-8,19-22H,3-4,6,9-18H2,1-2H3,(H,27,28)/t19-,20-,21?,22?. The van der Waals surface area contributed by atoms with Crippen LogP contribution in [0.3, 0.4) is 0 Å². The Bertz CT molecular complexity index is 619. The molecule has 2 heteroatoms. The fourth-order valence-corrected chi connectivity index (χ4v) is 6.03. The van der Waals surface area contributed by atoms with Crippen LogP contribution >= 0.6 is 0 Å². The van der Waals surface area contributed by atoms with E-state index in [4.69, 9.17) is 0 Å². The normalized spacial score (nSPS) is 28.2. The van der Waals surface area contributed by atoms with Gasteiger partial charge in [-0.05, 0) is 73.0 Å². The lowest BCUT2D eigenvalue weighted by atomic mass is 9.73. The lowest BCUT2D eigenvalue weighted by Gasteiger charge is -2.32. The van der Waals surface area contributed by atoms with E-state index in [2.05, 4.69) is 19.9 Å². The fraction of sp³-hybridized carbons (Fsp3) is 0.731. The summed E-state index contributed by atoms with van der Waals surface area (Å²) in [5, 5.41) is 9.50. The largest absolute Gasteiger partial charge is 0.478 e. The molecule has 2 aliphatic carbocycles. The molecule has 0 heterocycles. The molecule has 28 heavy (non-hydrogen) atoms. The first-order valence-corrected chi connectivity index (χ1v) is 12.0. The third-order valence-corrected chi connectivity index (χ3v) is 7.73. The van der Waals surface area contributed by atoms with Crippen LogP contribution in [0.5, 0.6) is 0 Å². The summed E-state index contributed by atoms with van der Waals surface area (Å²) < 4.78 is 0. The second kappa shape index (κ2) is 10.5. The van der Waals surface area contributed by atoms with Crippen molar-refractivity contribution in [1.82, 2.24) is 0 Å². The quantitative estimate of drug-likeness (QED) is 0.501. The smallest absolute Gasteiger partial charge is 0.335 e. The molecule has 2 aliphatic rings. The predicted octanol–water partition coefficient (Wildman–Crippen LogP) is 7.61. The van der Waals surface area contributed by atoms with Crippen LogP contribution in [0.25, 0.3) is 0 Å². The minimum Gasteiger partial charge on any atom is -0.478 e. The van der Waals surface area contributed by atoms with Crippen LogP contribution in [0.1, 0.15) is 118 Å². The summed E-state index contributed by atoms with van der Waals surface area (Å²) in [6.45, 7) is 4.41. The number of hydrogen-bond donors (Lipinski definition) is 1. The average molecular weight is 385 g/mol. The highest BCUT2D eigenvalue weighted by molar-refractivity contribution is 5.89. The first-order chi connectivity index (χ1) is 13.6. The van der Waals surface area contributed by atoms with Gasteiger partial charge in [-0.25, -0.2) is 4.79 Å². The maximum absolute atomic E-state index is 11.6. The van der Waals surface area contributed by atoms with Gasteiger partial charge in [0.1, 0.15) is 0 Å². The van der Waals surface area contributed by atoms with Crippen LogP contribution in [0.15, 0.2) is 18.2 Å². The topological polar surface area (TPSA) is 37.3 Å². The van der Waals surface area contributed by atoms with E-state index in [1.54, 1.807) is 6.07 Å². The second-order valence-corrected chi connectivity index (χ2v) is 9.50. The fourth-order valence-electron chi connectivity index (χ4n) is 6.03. The highest BCUT2D eigenvalue weighted by atomic mass is 16.4. The molecule has 0 unspecified atom stereocenters. The number of hydrogen-bond acceptors (Lipinski definition) is 1. The summed E-state index contributed by atoms with van der Waals surface area (Å²) in [6.07, 6.45) is 17.5. The number of carbonyl (C=O) groups is 1. The van der Waals surface area contributed by atoms with Gasteiger partial charge in [0.05, 0.1) is 5.56 Å². The van der Waals surface area contributed by atoms with Crippen molar-refractivity contribution in [2.75, 3.05) is 0 Å². The second-order valence-electron chi connectivity index (χ2n) is 9.50. The van der Waals surface area contributed by atoms with Crippen molar-refractivity contribution in [1.29, 1.82) is 0 Å². The van der Waals surface area contributed by atoms with Crippen molar-refractivity contribution in [3.63, 3.8) is 0 Å². The predicted molar refractivity (Wildman–Crippen MR) is 117 cm³/mol. The molecule has 0 spiro atoms. The zero-order valence-corrected chi connectivity index (χ0v) is 18.1. The van der Waals surface area contributed by atoms with Gasteiger partial charge in [0.2, 0.25) is 0 Å². The molecule has 1 N–H and O–H groups in total. The zero-order valence-electron chi connectivity index (χ0n) is 18.1. The Balaban J connectivity index is 1.46. The first kappa shape index (κ1) is 21.4. The Morgan fingerprint density at radius 1 is 0.857 bits per heavy atom. The highest BCUT2D eigenvalue weighted by Gasteiger charge is 2.27. The van der Waals surface area contributed by atoms with Gasteiger partial charge >= 0.3 is 5.97 Å². The van der Waals surface area contributed by atoms with Crippen molar-refractivity contribution < 1.29 is 9.90 Å². The number of carboxylic acid groups (broad SMARTS) is 1. The monoisotopic (exact) mass is 384 g/mol. The van der Waals surface area contributed by atoms with Crippen molar-refractivity contribution in [2.45, 2.75) is 103 Å². The van der Waals surface area contributed by atoms with Crippen molar-refractivity contribution in [3.05, 3.63) is 34.9 Å². The molecule has 0 amide bonds. The third kappa shape index (κ3) is 5.39. The maximum atomic E-state index is 11.6. The molecule has 0 bridgehead atoms. The van der Waals surface area contributed by atoms with Gasteiger partial charge in [-0.3, -0.25) is 0 Å². The van der Waals surface area contributed by atoms with Crippen molar-refractivity contribution in [2.24, 2.45) is 17.8 Å². The van der Waals surface area contributed by atoms with Gasteiger partial charge in [0.25, 0.3) is 0 Å². The van der Waals surface area contributed by atoms with Crippen LogP contribution in [-0.4, -0.2) is 11.1 Å². The Morgan fingerprint density at radius 3 is 1.89 bits per heavy atom. The van der Waals surface area contributed by atoms with Gasteiger partial charge in [-0.1, -0.05) is 77.3 Å². The molecule has 3 rings (SSSR count). The minimum absolute atomic E-state index is 0.515.